The molecule has 0 spiro atoms. The number of hydrogen-bond acceptors (Lipinski definition) is 5. The van der Waals surface area contributed by atoms with E-state index in [1.54, 1.807) is 6.92 Å². The summed E-state index contributed by atoms with van der Waals surface area (Å²) in [7, 11) is 0. The van der Waals surface area contributed by atoms with Gasteiger partial charge in [-0.2, -0.15) is 5.26 Å². The van der Waals surface area contributed by atoms with Crippen LogP contribution in [0.5, 0.6) is 0 Å². The maximum atomic E-state index is 12.7. The van der Waals surface area contributed by atoms with Crippen LogP contribution in [0.2, 0.25) is 0 Å². The normalized spacial score (nSPS) is 17.0. The molecule has 3 N–H and O–H groups in total. The molecule has 0 aliphatic carbocycles. The Hall–Kier alpha value is -3.44. The van der Waals surface area contributed by atoms with Crippen LogP contribution in [0.1, 0.15) is 59.5 Å². The van der Waals surface area contributed by atoms with Crippen molar-refractivity contribution in [2.24, 2.45) is 0 Å². The smallest absolute Gasteiger partial charge is 0.291 e. The van der Waals surface area contributed by atoms with Crippen LogP contribution in [0.25, 0.3) is 5.57 Å². The van der Waals surface area contributed by atoms with E-state index in [0.29, 0.717) is 5.92 Å². The van der Waals surface area contributed by atoms with E-state index < -0.39 is 0 Å². The van der Waals surface area contributed by atoms with Crippen LogP contribution in [0.15, 0.2) is 30.5 Å². The number of hydrogen-bond donors (Lipinski definition) is 3. The van der Waals surface area contributed by atoms with Crippen molar-refractivity contribution in [1.82, 2.24) is 20.2 Å². The fraction of sp³-hybridized carbons (Fsp3) is 0.391. The molecule has 8 heteroatoms. The van der Waals surface area contributed by atoms with Crippen molar-refractivity contribution in [2.45, 2.75) is 32.1 Å². The van der Waals surface area contributed by atoms with Gasteiger partial charge in [0.1, 0.15) is 6.07 Å². The highest BCUT2D eigenvalue weighted by Gasteiger charge is 2.24. The van der Waals surface area contributed by atoms with Gasteiger partial charge in [0.15, 0.2) is 11.5 Å². The van der Waals surface area contributed by atoms with Gasteiger partial charge in [0.2, 0.25) is 5.91 Å². The molecule has 8 nitrogen and oxygen atoms in total. The van der Waals surface area contributed by atoms with Crippen LogP contribution in [-0.4, -0.2) is 52.9 Å². The number of H-pyrrole nitrogens is 1. The average Bonchev–Trinajstić information content (AvgIpc) is 3.29. The Bertz CT molecular complexity index is 1060. The number of imidazole rings is 1. The Kier molecular flexibility index (Phi) is 6.14. The zero-order valence-corrected chi connectivity index (χ0v) is 17.6. The Morgan fingerprint density at radius 2 is 2.10 bits per heavy atom. The van der Waals surface area contributed by atoms with Crippen LogP contribution < -0.4 is 10.6 Å². The Balaban J connectivity index is 1.59. The summed E-state index contributed by atoms with van der Waals surface area (Å²) in [5, 5.41) is 15.3. The lowest BCUT2D eigenvalue weighted by atomic mass is 9.86. The van der Waals surface area contributed by atoms with E-state index in [1.165, 1.54) is 11.8 Å². The number of carbonyl (C=O) groups excluding carboxylic acids is 2. The third-order valence-electron chi connectivity index (χ3n) is 5.98. The van der Waals surface area contributed by atoms with E-state index in [0.717, 1.165) is 62.3 Å². The Labute approximate surface area is 181 Å². The zero-order valence-electron chi connectivity index (χ0n) is 17.6. The van der Waals surface area contributed by atoms with Crippen molar-refractivity contribution >= 4 is 23.1 Å². The summed E-state index contributed by atoms with van der Waals surface area (Å²) in [5.74, 6) is 0.251. The number of piperidine rings is 1. The Morgan fingerprint density at radius 1 is 1.29 bits per heavy atom. The van der Waals surface area contributed by atoms with Gasteiger partial charge in [-0.05, 0) is 55.0 Å². The van der Waals surface area contributed by atoms with Crippen molar-refractivity contribution in [2.75, 3.05) is 31.5 Å². The van der Waals surface area contributed by atoms with Crippen molar-refractivity contribution < 1.29 is 9.59 Å². The number of aromatic nitrogens is 2. The van der Waals surface area contributed by atoms with Gasteiger partial charge in [-0.3, -0.25) is 9.59 Å². The van der Waals surface area contributed by atoms with Crippen LogP contribution in [-0.2, 0) is 4.79 Å². The van der Waals surface area contributed by atoms with Gasteiger partial charge in [-0.25, -0.2) is 4.98 Å². The van der Waals surface area contributed by atoms with Crippen molar-refractivity contribution in [3.63, 3.8) is 0 Å². The third kappa shape index (κ3) is 4.67. The predicted molar refractivity (Wildman–Crippen MR) is 117 cm³/mol. The molecular weight excluding hydrogens is 392 g/mol. The van der Waals surface area contributed by atoms with Gasteiger partial charge >= 0.3 is 0 Å². The molecule has 4 rings (SSSR count). The molecule has 3 heterocycles. The second-order valence-corrected chi connectivity index (χ2v) is 7.98. The van der Waals surface area contributed by atoms with Crippen LogP contribution in [0.4, 0.5) is 5.69 Å². The molecule has 0 radical (unpaired) electrons. The second kappa shape index (κ2) is 9.14. The molecule has 0 bridgehead atoms. The molecule has 2 amide bonds. The fourth-order valence-electron chi connectivity index (χ4n) is 4.24. The van der Waals surface area contributed by atoms with Gasteiger partial charge in [0, 0.05) is 44.0 Å². The minimum Gasteiger partial charge on any atom is -0.343 e. The van der Waals surface area contributed by atoms with E-state index >= 15 is 0 Å². The first kappa shape index (κ1) is 20.8. The molecule has 1 aromatic carbocycles. The molecule has 1 fully saturated rings. The summed E-state index contributed by atoms with van der Waals surface area (Å²) in [6, 6.07) is 8.10. The molecule has 0 atom stereocenters. The first-order chi connectivity index (χ1) is 15.0. The molecule has 31 heavy (non-hydrogen) atoms. The summed E-state index contributed by atoms with van der Waals surface area (Å²) in [5.41, 5.74) is 4.28. The third-order valence-corrected chi connectivity index (χ3v) is 5.98. The number of nitriles is 1. The van der Waals surface area contributed by atoms with Crippen molar-refractivity contribution in [1.29, 1.82) is 5.26 Å². The first-order valence-electron chi connectivity index (χ1n) is 10.6. The minimum atomic E-state index is -0.380. The summed E-state index contributed by atoms with van der Waals surface area (Å²) >= 11 is 0. The number of nitrogens with zero attached hydrogens (tertiary/aromatic N) is 3. The van der Waals surface area contributed by atoms with Crippen molar-refractivity contribution in [3.8, 4) is 6.07 Å². The number of carbonyl (C=O) groups is 2. The lowest BCUT2D eigenvalue weighted by Gasteiger charge is -2.32. The van der Waals surface area contributed by atoms with Gasteiger partial charge in [0.05, 0.1) is 0 Å². The largest absolute Gasteiger partial charge is 0.343 e. The SMILES string of the molecule is CC(=O)N1CCC(c2ccc(NC(=O)c3nc(C#N)c[nH]3)c(C3=CCCNC3)c2)CC1. The molecule has 2 aliphatic heterocycles. The van der Waals surface area contributed by atoms with E-state index in [-0.39, 0.29) is 23.3 Å². The maximum Gasteiger partial charge on any atom is 0.291 e. The lowest BCUT2D eigenvalue weighted by molar-refractivity contribution is -0.129. The number of anilines is 1. The van der Waals surface area contributed by atoms with Crippen LogP contribution >= 0.6 is 0 Å². The molecule has 0 saturated carbocycles. The summed E-state index contributed by atoms with van der Waals surface area (Å²) in [6.07, 6.45) is 6.44. The molecule has 160 valence electrons. The van der Waals surface area contributed by atoms with Gasteiger partial charge < -0.3 is 20.5 Å². The van der Waals surface area contributed by atoms with Crippen molar-refractivity contribution in [3.05, 3.63) is 53.1 Å². The highest BCUT2D eigenvalue weighted by Crippen LogP contribution is 2.34. The number of aromatic amines is 1. The second-order valence-electron chi connectivity index (χ2n) is 7.98. The van der Waals surface area contributed by atoms with E-state index in [9.17, 15) is 9.59 Å². The zero-order chi connectivity index (χ0) is 21.8. The number of nitrogens with one attached hydrogen (secondary N) is 3. The standard InChI is InChI=1S/C23H26N6O2/c1-15(30)29-9-6-16(7-10-29)17-4-5-21(20(11-17)18-3-2-8-25-13-18)28-23(31)22-26-14-19(12-24)27-22/h3-5,11,14,16,25H,2,6-10,13H2,1H3,(H,26,27)(H,28,31). The van der Waals surface area contributed by atoms with Crippen LogP contribution in [0, 0.1) is 11.3 Å². The number of amides is 2. The van der Waals surface area contributed by atoms with E-state index in [2.05, 4.69) is 38.8 Å². The monoisotopic (exact) mass is 418 g/mol. The van der Waals surface area contributed by atoms with Gasteiger partial charge in [-0.1, -0.05) is 12.1 Å². The first-order valence-corrected chi connectivity index (χ1v) is 10.6. The number of rotatable bonds is 4. The topological polar surface area (TPSA) is 114 Å². The number of benzene rings is 1. The van der Waals surface area contributed by atoms with Gasteiger partial charge in [-0.15, -0.1) is 0 Å². The highest BCUT2D eigenvalue weighted by molar-refractivity contribution is 6.03. The summed E-state index contributed by atoms with van der Waals surface area (Å²) < 4.78 is 0. The Morgan fingerprint density at radius 3 is 2.74 bits per heavy atom. The molecule has 2 aromatic rings. The van der Waals surface area contributed by atoms with E-state index in [4.69, 9.17) is 5.26 Å². The van der Waals surface area contributed by atoms with Gasteiger partial charge in [0.25, 0.3) is 5.91 Å². The lowest BCUT2D eigenvalue weighted by Crippen LogP contribution is -2.36. The predicted octanol–water partition coefficient (Wildman–Crippen LogP) is 2.64. The molecule has 1 aromatic heterocycles. The fourth-order valence-corrected chi connectivity index (χ4v) is 4.24. The molecule has 1 saturated heterocycles. The van der Waals surface area contributed by atoms with E-state index in [1.807, 2.05) is 17.0 Å². The molecule has 2 aliphatic rings. The quantitative estimate of drug-likeness (QED) is 0.706. The highest BCUT2D eigenvalue weighted by atomic mass is 16.2. The molecular formula is C23H26N6O2. The number of likely N-dealkylation sites (tertiary alicyclic amines) is 1. The summed E-state index contributed by atoms with van der Waals surface area (Å²) in [4.78, 5) is 33.0. The molecule has 0 unspecified atom stereocenters. The maximum absolute atomic E-state index is 12.7. The summed E-state index contributed by atoms with van der Waals surface area (Å²) in [6.45, 7) is 4.86. The minimum absolute atomic E-state index is 0.110. The van der Waals surface area contributed by atoms with Crippen LogP contribution in [0.3, 0.4) is 0 Å². The average molecular weight is 419 g/mol.